The summed E-state index contributed by atoms with van der Waals surface area (Å²) in [7, 11) is -3.09. The number of aromatic nitrogens is 2. The second kappa shape index (κ2) is 7.40. The Hall–Kier alpha value is -2.26. The summed E-state index contributed by atoms with van der Waals surface area (Å²) in [6.07, 6.45) is 0.423. The Bertz CT molecular complexity index is 1020. The van der Waals surface area contributed by atoms with Crippen LogP contribution in [-0.2, 0) is 21.2 Å². The van der Waals surface area contributed by atoms with Gasteiger partial charge in [0.25, 0.3) is 5.56 Å². The zero-order valence-electron chi connectivity index (χ0n) is 15.5. The van der Waals surface area contributed by atoms with E-state index in [2.05, 4.69) is 15.3 Å². The summed E-state index contributed by atoms with van der Waals surface area (Å²) >= 11 is 0. The highest BCUT2D eigenvalue weighted by Gasteiger charge is 2.39. The molecule has 1 amide bonds. The molecule has 0 unspecified atom stereocenters. The molecule has 0 aliphatic carbocycles. The van der Waals surface area contributed by atoms with Crippen molar-refractivity contribution in [2.75, 3.05) is 24.6 Å². The van der Waals surface area contributed by atoms with Crippen molar-refractivity contribution < 1.29 is 13.2 Å². The first-order valence-corrected chi connectivity index (χ1v) is 10.7. The Morgan fingerprint density at radius 3 is 2.78 bits per heavy atom. The number of fused-ring (bicyclic) bond motifs is 1. The quantitative estimate of drug-likeness (QED) is 0.738. The van der Waals surface area contributed by atoms with Crippen LogP contribution < -0.4 is 10.9 Å². The summed E-state index contributed by atoms with van der Waals surface area (Å²) in [5.74, 6) is 0.323. The number of nitrogens with one attached hydrogen (secondary N) is 2. The lowest BCUT2D eigenvalue weighted by Gasteiger charge is -2.26. The Kier molecular flexibility index (Phi) is 5.34. The highest BCUT2D eigenvalue weighted by molar-refractivity contribution is 7.91. The number of rotatable bonds is 6. The lowest BCUT2D eigenvalue weighted by Crippen LogP contribution is -2.50. The van der Waals surface area contributed by atoms with E-state index in [1.165, 1.54) is 0 Å². The van der Waals surface area contributed by atoms with Crippen LogP contribution in [0.2, 0.25) is 0 Å². The predicted molar refractivity (Wildman–Crippen MR) is 103 cm³/mol. The van der Waals surface area contributed by atoms with E-state index in [9.17, 15) is 18.0 Å². The molecule has 2 heterocycles. The minimum absolute atomic E-state index is 0.0303. The molecule has 0 spiro atoms. The fourth-order valence-electron chi connectivity index (χ4n) is 3.39. The van der Waals surface area contributed by atoms with E-state index < -0.39 is 15.4 Å². The molecule has 1 aliphatic heterocycles. The van der Waals surface area contributed by atoms with Gasteiger partial charge in [-0.1, -0.05) is 19.1 Å². The van der Waals surface area contributed by atoms with Crippen molar-refractivity contribution in [3.8, 4) is 0 Å². The van der Waals surface area contributed by atoms with E-state index in [4.69, 9.17) is 0 Å². The number of likely N-dealkylation sites (N-methyl/N-ethyl adjacent to an activating group) is 1. The monoisotopic (exact) mass is 392 g/mol. The first kappa shape index (κ1) is 19.5. The maximum atomic E-state index is 12.4. The van der Waals surface area contributed by atoms with Crippen LogP contribution in [-0.4, -0.2) is 59.3 Å². The number of hydrogen-bond donors (Lipinski definition) is 2. The molecule has 1 saturated heterocycles. The number of benzene rings is 1. The zero-order chi connectivity index (χ0) is 19.7. The van der Waals surface area contributed by atoms with Gasteiger partial charge in [-0.05, 0) is 32.0 Å². The zero-order valence-corrected chi connectivity index (χ0v) is 16.3. The summed E-state index contributed by atoms with van der Waals surface area (Å²) in [6, 6.07) is 7.09. The summed E-state index contributed by atoms with van der Waals surface area (Å²) in [5.41, 5.74) is -0.314. The molecule has 9 heteroatoms. The molecule has 146 valence electrons. The van der Waals surface area contributed by atoms with Crippen molar-refractivity contribution in [2.45, 2.75) is 32.4 Å². The number of carbonyl (C=O) groups is 1. The number of amides is 1. The average molecular weight is 392 g/mol. The average Bonchev–Trinajstić information content (AvgIpc) is 2.87. The van der Waals surface area contributed by atoms with Gasteiger partial charge in [-0.3, -0.25) is 14.5 Å². The standard InChI is InChI=1S/C18H24N4O4S/c1-3-22(11-16(23)21-18(2)8-9-27(25,26)12-18)10-15-19-14-7-5-4-6-13(14)17(24)20-15/h4-7H,3,8-12H2,1-2H3,(H,21,23)(H,19,20,24)/t18-/m0/s1. The molecule has 3 rings (SSSR count). The van der Waals surface area contributed by atoms with Crippen LogP contribution in [0.3, 0.4) is 0 Å². The number of carbonyl (C=O) groups excluding carboxylic acids is 1. The van der Waals surface area contributed by atoms with Crippen LogP contribution in [0.1, 0.15) is 26.1 Å². The van der Waals surface area contributed by atoms with Crippen LogP contribution >= 0.6 is 0 Å². The van der Waals surface area contributed by atoms with Crippen LogP contribution in [0.25, 0.3) is 10.9 Å². The first-order chi connectivity index (χ1) is 12.7. The van der Waals surface area contributed by atoms with Gasteiger partial charge in [-0.25, -0.2) is 13.4 Å². The number of hydrogen-bond acceptors (Lipinski definition) is 6. The van der Waals surface area contributed by atoms with Crippen LogP contribution in [0, 0.1) is 0 Å². The van der Waals surface area contributed by atoms with Gasteiger partial charge < -0.3 is 10.3 Å². The number of H-pyrrole nitrogens is 1. The van der Waals surface area contributed by atoms with E-state index in [1.54, 1.807) is 25.1 Å². The third kappa shape index (κ3) is 4.72. The lowest BCUT2D eigenvalue weighted by atomic mass is 10.0. The molecule has 27 heavy (non-hydrogen) atoms. The molecular formula is C18H24N4O4S. The third-order valence-electron chi connectivity index (χ3n) is 4.79. The predicted octanol–water partition coefficient (Wildman–Crippen LogP) is 0.438. The van der Waals surface area contributed by atoms with Gasteiger partial charge in [0, 0.05) is 0 Å². The highest BCUT2D eigenvalue weighted by atomic mass is 32.2. The Labute approximate surface area is 157 Å². The SMILES string of the molecule is CCN(CC(=O)N[C@@]1(C)CCS(=O)(=O)C1)Cc1nc2ccccc2c(=O)[nH]1. The van der Waals surface area contributed by atoms with Crippen LogP contribution in [0.5, 0.6) is 0 Å². The minimum atomic E-state index is -3.09. The fourth-order valence-corrected chi connectivity index (χ4v) is 5.48. The highest BCUT2D eigenvalue weighted by Crippen LogP contribution is 2.22. The molecule has 1 aromatic carbocycles. The largest absolute Gasteiger partial charge is 0.349 e. The Balaban J connectivity index is 1.67. The number of sulfone groups is 1. The molecule has 1 fully saturated rings. The number of nitrogens with zero attached hydrogens (tertiary/aromatic N) is 2. The molecule has 1 aromatic heterocycles. The third-order valence-corrected chi connectivity index (χ3v) is 6.70. The molecular weight excluding hydrogens is 368 g/mol. The molecule has 0 saturated carbocycles. The van der Waals surface area contributed by atoms with Gasteiger partial charge in [-0.2, -0.15) is 0 Å². The summed E-state index contributed by atoms with van der Waals surface area (Å²) in [5, 5.41) is 3.38. The maximum absolute atomic E-state index is 12.4. The van der Waals surface area contributed by atoms with Crippen LogP contribution in [0.4, 0.5) is 0 Å². The van der Waals surface area contributed by atoms with Crippen molar-refractivity contribution in [1.82, 2.24) is 20.2 Å². The van der Waals surface area contributed by atoms with Crippen molar-refractivity contribution in [2.24, 2.45) is 0 Å². The van der Waals surface area contributed by atoms with Gasteiger partial charge in [0.15, 0.2) is 9.84 Å². The molecule has 2 N–H and O–H groups in total. The van der Waals surface area contributed by atoms with Crippen molar-refractivity contribution in [3.05, 3.63) is 40.4 Å². The lowest BCUT2D eigenvalue weighted by molar-refractivity contribution is -0.123. The molecule has 2 aromatic rings. The van der Waals surface area contributed by atoms with Gasteiger partial charge in [0.1, 0.15) is 5.82 Å². The van der Waals surface area contributed by atoms with Crippen LogP contribution in [0.15, 0.2) is 29.1 Å². The summed E-state index contributed by atoms with van der Waals surface area (Å²) in [6.45, 7) is 4.67. The second-order valence-corrected chi connectivity index (χ2v) is 9.47. The van der Waals surface area contributed by atoms with Gasteiger partial charge in [0.05, 0.1) is 41.0 Å². The van der Waals surface area contributed by atoms with Gasteiger partial charge >= 0.3 is 0 Å². The Morgan fingerprint density at radius 1 is 1.37 bits per heavy atom. The normalized spacial score (nSPS) is 21.6. The number of para-hydroxylation sites is 1. The maximum Gasteiger partial charge on any atom is 0.258 e. The van der Waals surface area contributed by atoms with E-state index in [0.29, 0.717) is 36.2 Å². The van der Waals surface area contributed by atoms with E-state index in [1.807, 2.05) is 17.9 Å². The molecule has 0 bridgehead atoms. The van der Waals surface area contributed by atoms with Crippen molar-refractivity contribution in [1.29, 1.82) is 0 Å². The van der Waals surface area contributed by atoms with Crippen molar-refractivity contribution in [3.63, 3.8) is 0 Å². The second-order valence-electron chi connectivity index (χ2n) is 7.28. The van der Waals surface area contributed by atoms with E-state index in [0.717, 1.165) is 0 Å². The topological polar surface area (TPSA) is 112 Å². The molecule has 1 atom stereocenters. The fraction of sp³-hybridized carbons (Fsp3) is 0.500. The van der Waals surface area contributed by atoms with Gasteiger partial charge in [0.2, 0.25) is 5.91 Å². The number of aromatic amines is 1. The molecule has 0 radical (unpaired) electrons. The summed E-state index contributed by atoms with van der Waals surface area (Å²) in [4.78, 5) is 33.7. The van der Waals surface area contributed by atoms with E-state index in [-0.39, 0.29) is 29.5 Å². The first-order valence-electron chi connectivity index (χ1n) is 8.91. The van der Waals surface area contributed by atoms with Gasteiger partial charge in [-0.15, -0.1) is 0 Å². The smallest absolute Gasteiger partial charge is 0.258 e. The summed E-state index contributed by atoms with van der Waals surface area (Å²) < 4.78 is 23.4. The Morgan fingerprint density at radius 2 is 2.11 bits per heavy atom. The minimum Gasteiger partial charge on any atom is -0.349 e. The van der Waals surface area contributed by atoms with Crippen molar-refractivity contribution >= 4 is 26.6 Å². The molecule has 1 aliphatic rings. The molecule has 8 nitrogen and oxygen atoms in total. The van der Waals surface area contributed by atoms with E-state index >= 15 is 0 Å².